The summed E-state index contributed by atoms with van der Waals surface area (Å²) in [6.07, 6.45) is 5.20. The number of nitrogen functional groups attached to an aromatic ring is 1. The molecule has 0 aliphatic carbocycles. The lowest BCUT2D eigenvalue weighted by Crippen LogP contribution is -2.13. The fraction of sp³-hybridized carbons (Fsp3) is 0.0370. The third-order valence-corrected chi connectivity index (χ3v) is 5.45. The normalized spacial score (nSPS) is 10.7. The fourth-order valence-electron chi connectivity index (χ4n) is 3.63. The first-order valence-corrected chi connectivity index (χ1v) is 10.8. The predicted molar refractivity (Wildman–Crippen MR) is 135 cm³/mol. The highest BCUT2D eigenvalue weighted by Gasteiger charge is 2.10. The number of hydrogen-bond donors (Lipinski definition) is 3. The van der Waals surface area contributed by atoms with Crippen molar-refractivity contribution in [1.82, 2.24) is 15.0 Å². The van der Waals surface area contributed by atoms with Crippen molar-refractivity contribution in [1.29, 1.82) is 0 Å². The summed E-state index contributed by atoms with van der Waals surface area (Å²) in [5, 5.41) is 8.19. The molecule has 0 unspecified atom stereocenters. The summed E-state index contributed by atoms with van der Waals surface area (Å²) in [5.74, 6) is 0.309. The molecule has 7 heteroatoms. The highest BCUT2D eigenvalue weighted by molar-refractivity contribution is 6.07. The van der Waals surface area contributed by atoms with E-state index in [1.165, 1.54) is 0 Å². The molecule has 1 amide bonds. The van der Waals surface area contributed by atoms with Gasteiger partial charge in [0.05, 0.1) is 17.1 Å². The Morgan fingerprint density at radius 3 is 2.44 bits per heavy atom. The van der Waals surface area contributed by atoms with E-state index in [2.05, 4.69) is 25.6 Å². The number of rotatable bonds is 6. The Hall–Kier alpha value is -4.78. The highest BCUT2D eigenvalue weighted by atomic mass is 16.1. The van der Waals surface area contributed by atoms with Crippen LogP contribution in [0.1, 0.15) is 15.9 Å². The molecule has 3 aromatic carbocycles. The van der Waals surface area contributed by atoms with Gasteiger partial charge in [-0.1, -0.05) is 36.4 Å². The van der Waals surface area contributed by atoms with Gasteiger partial charge in [-0.25, -0.2) is 9.97 Å². The van der Waals surface area contributed by atoms with Crippen LogP contribution >= 0.6 is 0 Å². The molecule has 0 aliphatic heterocycles. The molecule has 0 radical (unpaired) electrons. The second-order valence-corrected chi connectivity index (χ2v) is 7.80. The molecule has 0 saturated heterocycles. The first kappa shape index (κ1) is 21.1. The first-order valence-electron chi connectivity index (χ1n) is 10.8. The lowest BCUT2D eigenvalue weighted by atomic mass is 10.1. The van der Waals surface area contributed by atoms with Crippen LogP contribution in [0.4, 0.5) is 17.3 Å². The van der Waals surface area contributed by atoms with Crippen LogP contribution in [-0.2, 0) is 6.54 Å². The average molecular weight is 447 g/mol. The molecular weight excluding hydrogens is 424 g/mol. The van der Waals surface area contributed by atoms with Crippen LogP contribution in [-0.4, -0.2) is 20.9 Å². The second kappa shape index (κ2) is 9.38. The van der Waals surface area contributed by atoms with Gasteiger partial charge in [-0.15, -0.1) is 0 Å². The number of nitrogens with zero attached hydrogens (tertiary/aromatic N) is 3. The maximum Gasteiger partial charge on any atom is 0.255 e. The van der Waals surface area contributed by atoms with Crippen molar-refractivity contribution in [2.24, 2.45) is 0 Å². The average Bonchev–Trinajstić information content (AvgIpc) is 2.89. The van der Waals surface area contributed by atoms with Gasteiger partial charge < -0.3 is 16.4 Å². The number of anilines is 3. The van der Waals surface area contributed by atoms with Crippen molar-refractivity contribution in [2.75, 3.05) is 16.4 Å². The summed E-state index contributed by atoms with van der Waals surface area (Å²) in [6, 6.07) is 24.7. The van der Waals surface area contributed by atoms with E-state index in [1.807, 2.05) is 66.7 Å². The van der Waals surface area contributed by atoms with E-state index < -0.39 is 0 Å². The molecule has 2 aromatic heterocycles. The summed E-state index contributed by atoms with van der Waals surface area (Å²) in [7, 11) is 0. The number of nitrogens with one attached hydrogen (secondary N) is 2. The molecule has 0 fully saturated rings. The number of carbonyl (C=O) groups is 1. The monoisotopic (exact) mass is 446 g/mol. The van der Waals surface area contributed by atoms with Crippen LogP contribution in [0.5, 0.6) is 0 Å². The number of nitrogens with two attached hydrogens (primary N) is 1. The summed E-state index contributed by atoms with van der Waals surface area (Å²) in [4.78, 5) is 25.7. The molecule has 166 valence electrons. The second-order valence-electron chi connectivity index (χ2n) is 7.80. The lowest BCUT2D eigenvalue weighted by molar-refractivity contribution is 0.102. The van der Waals surface area contributed by atoms with E-state index >= 15 is 0 Å². The van der Waals surface area contributed by atoms with Crippen molar-refractivity contribution in [2.45, 2.75) is 6.54 Å². The molecule has 0 atom stereocenters. The van der Waals surface area contributed by atoms with Gasteiger partial charge in [0.1, 0.15) is 0 Å². The number of benzene rings is 3. The Balaban J connectivity index is 1.24. The van der Waals surface area contributed by atoms with Crippen molar-refractivity contribution in [3.8, 4) is 11.3 Å². The Kier molecular flexibility index (Phi) is 5.82. The molecule has 5 rings (SSSR count). The zero-order valence-electron chi connectivity index (χ0n) is 18.3. The van der Waals surface area contributed by atoms with E-state index in [4.69, 9.17) is 5.73 Å². The van der Waals surface area contributed by atoms with Crippen LogP contribution in [0.15, 0.2) is 97.5 Å². The SMILES string of the molecule is Nc1cc2ccccc2cc1NC(=O)c1ccc(CNc2nccc(-c3cccnc3)n2)cc1. The van der Waals surface area contributed by atoms with E-state index in [9.17, 15) is 4.79 Å². The zero-order chi connectivity index (χ0) is 23.3. The largest absolute Gasteiger partial charge is 0.397 e. The van der Waals surface area contributed by atoms with Crippen LogP contribution in [0.25, 0.3) is 22.0 Å². The minimum atomic E-state index is -0.214. The molecule has 0 bridgehead atoms. The van der Waals surface area contributed by atoms with Crippen LogP contribution < -0.4 is 16.4 Å². The third kappa shape index (κ3) is 4.68. The summed E-state index contributed by atoms with van der Waals surface area (Å²) in [6.45, 7) is 0.524. The quantitative estimate of drug-likeness (QED) is 0.312. The summed E-state index contributed by atoms with van der Waals surface area (Å²) >= 11 is 0. The third-order valence-electron chi connectivity index (χ3n) is 5.45. The lowest BCUT2D eigenvalue weighted by Gasteiger charge is -2.11. The van der Waals surface area contributed by atoms with Gasteiger partial charge in [-0.05, 0) is 58.8 Å². The minimum Gasteiger partial charge on any atom is -0.397 e. The number of fused-ring (bicyclic) bond motifs is 1. The Morgan fingerprint density at radius 2 is 1.68 bits per heavy atom. The molecule has 0 saturated carbocycles. The van der Waals surface area contributed by atoms with E-state index in [0.717, 1.165) is 27.6 Å². The standard InChI is InChI=1S/C27H22N6O/c28-23-14-20-4-1-2-5-21(20)15-25(23)32-26(34)19-9-7-18(8-10-19)16-31-27-30-13-11-24(33-27)22-6-3-12-29-17-22/h1-15,17H,16,28H2,(H,32,34)(H,30,31,33). The number of amides is 1. The van der Waals surface area contributed by atoms with Gasteiger partial charge in [0.25, 0.3) is 5.91 Å². The van der Waals surface area contributed by atoms with Gasteiger partial charge >= 0.3 is 0 Å². The van der Waals surface area contributed by atoms with Crippen molar-refractivity contribution >= 4 is 34.0 Å². The number of pyridine rings is 1. The zero-order valence-corrected chi connectivity index (χ0v) is 18.3. The van der Waals surface area contributed by atoms with Crippen molar-refractivity contribution in [3.63, 3.8) is 0 Å². The maximum absolute atomic E-state index is 12.8. The molecule has 0 spiro atoms. The molecule has 7 nitrogen and oxygen atoms in total. The van der Waals surface area contributed by atoms with Crippen LogP contribution in [0.3, 0.4) is 0 Å². The highest BCUT2D eigenvalue weighted by Crippen LogP contribution is 2.26. The van der Waals surface area contributed by atoms with E-state index in [0.29, 0.717) is 29.4 Å². The molecule has 5 aromatic rings. The van der Waals surface area contributed by atoms with Crippen molar-refractivity contribution in [3.05, 3.63) is 109 Å². The predicted octanol–water partition coefficient (Wildman–Crippen LogP) is 5.14. The van der Waals surface area contributed by atoms with Gasteiger partial charge in [-0.2, -0.15) is 0 Å². The van der Waals surface area contributed by atoms with Gasteiger partial charge in [0, 0.05) is 36.3 Å². The number of hydrogen-bond acceptors (Lipinski definition) is 6. The summed E-state index contributed by atoms with van der Waals surface area (Å²) in [5.41, 5.74) is 10.5. The molecule has 34 heavy (non-hydrogen) atoms. The van der Waals surface area contributed by atoms with E-state index in [-0.39, 0.29) is 5.91 Å². The van der Waals surface area contributed by atoms with Crippen molar-refractivity contribution < 1.29 is 4.79 Å². The maximum atomic E-state index is 12.8. The van der Waals surface area contributed by atoms with Crippen LogP contribution in [0, 0.1) is 0 Å². The Bertz CT molecular complexity index is 1450. The number of aromatic nitrogens is 3. The number of carbonyl (C=O) groups excluding carboxylic acids is 1. The first-order chi connectivity index (χ1) is 16.7. The topological polar surface area (TPSA) is 106 Å². The molecule has 4 N–H and O–H groups in total. The fourth-order valence-corrected chi connectivity index (χ4v) is 3.63. The molecule has 2 heterocycles. The Labute approximate surface area is 196 Å². The van der Waals surface area contributed by atoms with E-state index in [1.54, 1.807) is 30.7 Å². The molecule has 0 aliphatic rings. The minimum absolute atomic E-state index is 0.214. The Morgan fingerprint density at radius 1 is 0.882 bits per heavy atom. The smallest absolute Gasteiger partial charge is 0.255 e. The van der Waals surface area contributed by atoms with Crippen LogP contribution in [0.2, 0.25) is 0 Å². The van der Waals surface area contributed by atoms with Gasteiger partial charge in [-0.3, -0.25) is 9.78 Å². The van der Waals surface area contributed by atoms with Gasteiger partial charge in [0.2, 0.25) is 5.95 Å². The van der Waals surface area contributed by atoms with Gasteiger partial charge in [0.15, 0.2) is 0 Å². The summed E-state index contributed by atoms with van der Waals surface area (Å²) < 4.78 is 0. The molecular formula is C27H22N6O.